The Kier molecular flexibility index (Phi) is 8.26. The molecular weight excluding hydrogens is 540 g/mol. The third-order valence-corrected chi connectivity index (χ3v) is 8.47. The second kappa shape index (κ2) is 11.4. The Labute approximate surface area is 244 Å². The Morgan fingerprint density at radius 3 is 2.51 bits per heavy atom. The van der Waals surface area contributed by atoms with Gasteiger partial charge in [-0.25, -0.2) is 22.8 Å². The second-order valence-electron chi connectivity index (χ2n) is 11.4. The third-order valence-electron chi connectivity index (χ3n) is 7.39. The molecule has 2 saturated heterocycles. The van der Waals surface area contributed by atoms with Crippen LogP contribution in [0.3, 0.4) is 0 Å². The lowest BCUT2D eigenvalue weighted by molar-refractivity contribution is -0.0185. The number of benzene rings is 1. The van der Waals surface area contributed by atoms with E-state index in [1.165, 1.54) is 11.8 Å². The van der Waals surface area contributed by atoms with Crippen LogP contribution in [0.4, 0.5) is 27.7 Å². The summed E-state index contributed by atoms with van der Waals surface area (Å²) in [7, 11) is 13.4. The maximum absolute atomic E-state index is 14.8. The van der Waals surface area contributed by atoms with Gasteiger partial charge in [0.2, 0.25) is 5.95 Å². The van der Waals surface area contributed by atoms with Gasteiger partial charge in [-0.05, 0) is 46.8 Å². The average molecular weight is 572 g/mol. The number of piperidine rings is 1. The van der Waals surface area contributed by atoms with Crippen molar-refractivity contribution in [1.82, 2.24) is 15.0 Å². The zero-order chi connectivity index (χ0) is 29.5. The average Bonchev–Trinajstić information content (AvgIpc) is 2.85. The minimum absolute atomic E-state index is 0.0144. The molecular formula is C27H32B3FN6O3S. The van der Waals surface area contributed by atoms with Crippen LogP contribution in [0.5, 0.6) is 0 Å². The van der Waals surface area contributed by atoms with E-state index in [9.17, 15) is 12.8 Å². The highest BCUT2D eigenvalue weighted by Gasteiger charge is 2.34. The quantitative estimate of drug-likeness (QED) is 0.388. The van der Waals surface area contributed by atoms with Gasteiger partial charge in [-0.2, -0.15) is 4.98 Å². The van der Waals surface area contributed by atoms with E-state index in [1.54, 1.807) is 17.2 Å². The Hall–Kier alpha value is -2.86. The summed E-state index contributed by atoms with van der Waals surface area (Å²) in [4.78, 5) is 17.5. The summed E-state index contributed by atoms with van der Waals surface area (Å²) in [5, 5.41) is 3.45. The number of aromatic nitrogens is 3. The van der Waals surface area contributed by atoms with Gasteiger partial charge < -0.3 is 19.9 Å². The summed E-state index contributed by atoms with van der Waals surface area (Å²) in [6, 6.07) is 7.96. The molecule has 14 heteroatoms. The topological polar surface area (TPSA) is 101 Å². The molecule has 4 heterocycles. The fourth-order valence-corrected chi connectivity index (χ4v) is 6.62. The molecule has 2 aliphatic heterocycles. The normalized spacial score (nSPS) is 20.4. The molecule has 0 saturated carbocycles. The molecule has 2 aliphatic rings. The van der Waals surface area contributed by atoms with E-state index in [0.717, 1.165) is 16.5 Å². The summed E-state index contributed by atoms with van der Waals surface area (Å²) in [6.45, 7) is 6.14. The van der Waals surface area contributed by atoms with Crippen molar-refractivity contribution in [3.8, 4) is 0 Å². The molecule has 41 heavy (non-hydrogen) atoms. The molecule has 9 nitrogen and oxygen atoms in total. The number of alkyl halides is 1. The maximum atomic E-state index is 14.8. The SMILES string of the molecule is [B]C([B])([B])O[C@H]1CCN(c2nccc(Nc3cc4c(C(C)C)ccc(N5CC(CS(C)(=O)=O)C5)c4cn3)n2)C[C@H]1F. The van der Waals surface area contributed by atoms with Crippen molar-refractivity contribution >= 4 is 67.4 Å². The molecule has 0 unspecified atom stereocenters. The first kappa shape index (κ1) is 29.6. The van der Waals surface area contributed by atoms with Gasteiger partial charge in [-0.3, -0.25) is 0 Å². The predicted octanol–water partition coefficient (Wildman–Crippen LogP) is 2.42. The number of ether oxygens (including phenoxy) is 1. The molecule has 3 aromatic rings. The van der Waals surface area contributed by atoms with Crippen LogP contribution >= 0.6 is 0 Å². The number of nitrogens with zero attached hydrogens (tertiary/aromatic N) is 5. The number of halogens is 1. The molecule has 210 valence electrons. The van der Waals surface area contributed by atoms with Crippen molar-refractivity contribution in [1.29, 1.82) is 0 Å². The van der Waals surface area contributed by atoms with E-state index >= 15 is 0 Å². The smallest absolute Gasteiger partial charge is 0.227 e. The van der Waals surface area contributed by atoms with Crippen molar-refractivity contribution in [3.05, 3.63) is 42.2 Å². The molecule has 0 amide bonds. The van der Waals surface area contributed by atoms with Gasteiger partial charge in [-0.1, -0.05) is 19.9 Å². The highest BCUT2D eigenvalue weighted by molar-refractivity contribution is 7.90. The van der Waals surface area contributed by atoms with Crippen molar-refractivity contribution in [2.45, 2.75) is 43.8 Å². The second-order valence-corrected chi connectivity index (χ2v) is 13.6. The zero-order valence-corrected chi connectivity index (χ0v) is 24.3. The van der Waals surface area contributed by atoms with Gasteiger partial charge in [-0.15, -0.1) is 0 Å². The summed E-state index contributed by atoms with van der Waals surface area (Å²) >= 11 is 0. The molecule has 2 fully saturated rings. The Morgan fingerprint density at radius 2 is 1.85 bits per heavy atom. The van der Waals surface area contributed by atoms with Gasteiger partial charge in [0.1, 0.15) is 27.6 Å². The standard InChI is InChI=1S/C27H32B3FN6O3S/c1-16(2)18-4-5-22(37-12-17(13-37)15-41(3,38)39)20-11-33-25(10-19(18)20)34-24-6-8-32-26(35-24)36-9-7-23(21(31)14-36)40-27(28,29)30/h4-6,8,10-11,16-17,21,23H,7,9,12-15H2,1-3H3,(H,32,33,34,35)/t21-,23+/m1/s1. The monoisotopic (exact) mass is 572 g/mol. The molecule has 0 spiro atoms. The molecule has 0 aliphatic carbocycles. The van der Waals surface area contributed by atoms with Crippen molar-refractivity contribution < 1.29 is 17.5 Å². The fraction of sp³-hybridized carbons (Fsp3) is 0.519. The third kappa shape index (κ3) is 7.14. The first-order chi connectivity index (χ1) is 19.3. The number of fused-ring (bicyclic) bond motifs is 1. The van der Waals surface area contributed by atoms with Crippen molar-refractivity contribution in [2.24, 2.45) is 5.92 Å². The van der Waals surface area contributed by atoms with Crippen LogP contribution in [-0.4, -0.2) is 103 Å². The molecule has 0 bridgehead atoms. The van der Waals surface area contributed by atoms with E-state index in [0.29, 0.717) is 43.6 Å². The van der Waals surface area contributed by atoms with Crippen LogP contribution in [0.1, 0.15) is 31.7 Å². The van der Waals surface area contributed by atoms with Gasteiger partial charge >= 0.3 is 0 Å². The zero-order valence-electron chi connectivity index (χ0n) is 23.5. The van der Waals surface area contributed by atoms with Crippen molar-refractivity contribution in [2.75, 3.05) is 53.3 Å². The van der Waals surface area contributed by atoms with E-state index in [2.05, 4.69) is 51.1 Å². The molecule has 2 atom stereocenters. The summed E-state index contributed by atoms with van der Waals surface area (Å²) < 4.78 is 43.4. The van der Waals surface area contributed by atoms with Crippen LogP contribution < -0.4 is 15.1 Å². The van der Waals surface area contributed by atoms with E-state index in [4.69, 9.17) is 28.3 Å². The summed E-state index contributed by atoms with van der Waals surface area (Å²) in [6.07, 6.45) is 2.89. The highest BCUT2D eigenvalue weighted by atomic mass is 32.2. The van der Waals surface area contributed by atoms with Gasteiger partial charge in [0, 0.05) is 55.3 Å². The molecule has 1 aromatic carbocycles. The molecule has 5 rings (SSSR count). The maximum Gasteiger partial charge on any atom is 0.227 e. The number of rotatable bonds is 9. The first-order valence-electron chi connectivity index (χ1n) is 13.6. The largest absolute Gasteiger partial charge is 0.396 e. The van der Waals surface area contributed by atoms with Crippen LogP contribution in [0.25, 0.3) is 10.8 Å². The van der Waals surface area contributed by atoms with Crippen molar-refractivity contribution in [3.63, 3.8) is 0 Å². The van der Waals surface area contributed by atoms with Gasteiger partial charge in [0.25, 0.3) is 0 Å². The Balaban J connectivity index is 1.33. The number of nitrogens with one attached hydrogen (secondary N) is 1. The van der Waals surface area contributed by atoms with Crippen LogP contribution in [0.2, 0.25) is 0 Å². The van der Waals surface area contributed by atoms with Gasteiger partial charge in [0.15, 0.2) is 0 Å². The van der Waals surface area contributed by atoms with Crippen LogP contribution in [0, 0.1) is 5.92 Å². The van der Waals surface area contributed by atoms with E-state index in [1.807, 2.05) is 12.3 Å². The van der Waals surface area contributed by atoms with Crippen LogP contribution in [-0.2, 0) is 14.6 Å². The Bertz CT molecular complexity index is 1520. The number of anilines is 4. The first-order valence-corrected chi connectivity index (χ1v) is 15.7. The number of hydrogen-bond acceptors (Lipinski definition) is 9. The molecule has 1 N–H and O–H groups in total. The minimum Gasteiger partial charge on any atom is -0.396 e. The van der Waals surface area contributed by atoms with Crippen LogP contribution in [0.15, 0.2) is 36.7 Å². The molecule has 6 radical (unpaired) electrons. The summed E-state index contributed by atoms with van der Waals surface area (Å²) in [5.74, 6) is 2.13. The number of sulfone groups is 1. The number of pyridine rings is 1. The lowest BCUT2D eigenvalue weighted by atomic mass is 9.52. The van der Waals surface area contributed by atoms with E-state index < -0.39 is 27.4 Å². The lowest BCUT2D eigenvalue weighted by Gasteiger charge is -2.41. The number of hydrogen-bond donors (Lipinski definition) is 1. The highest BCUT2D eigenvalue weighted by Crippen LogP contribution is 2.37. The summed E-state index contributed by atoms with van der Waals surface area (Å²) in [5.41, 5.74) is 2.23. The predicted molar refractivity (Wildman–Crippen MR) is 163 cm³/mol. The van der Waals surface area contributed by atoms with E-state index in [-0.39, 0.29) is 24.1 Å². The van der Waals surface area contributed by atoms with Gasteiger partial charge in [0.05, 0.1) is 41.9 Å². The fourth-order valence-electron chi connectivity index (χ4n) is 5.56. The Morgan fingerprint density at radius 1 is 1.10 bits per heavy atom. The minimum atomic E-state index is -3.01. The lowest BCUT2D eigenvalue weighted by Crippen LogP contribution is -2.50. The molecule has 2 aromatic heterocycles.